The highest BCUT2D eigenvalue weighted by molar-refractivity contribution is 7.47. The first-order valence-corrected chi connectivity index (χ1v) is 27.0. The Bertz CT molecular complexity index is 1530. The zero-order valence-corrected chi connectivity index (χ0v) is 41.0. The summed E-state index contributed by atoms with van der Waals surface area (Å²) in [4.78, 5) is 54.3. The van der Waals surface area contributed by atoms with Gasteiger partial charge in [-0.25, -0.2) is 9.13 Å². The van der Waals surface area contributed by atoms with Gasteiger partial charge in [-0.2, -0.15) is 0 Å². The normalized spacial score (nSPS) is 22.5. The number of esters is 2. The van der Waals surface area contributed by atoms with Crippen LogP contribution in [0.3, 0.4) is 0 Å². The Morgan fingerprint density at radius 3 is 1.65 bits per heavy atom. The fraction of sp³-hybridized carbons (Fsp3) is 0.745. The lowest BCUT2D eigenvalue weighted by atomic mass is 9.85. The maximum Gasteiger partial charge on any atom is 0.472 e. The van der Waals surface area contributed by atoms with E-state index in [1.807, 2.05) is 12.2 Å². The van der Waals surface area contributed by atoms with E-state index in [4.69, 9.17) is 18.5 Å². The van der Waals surface area contributed by atoms with Gasteiger partial charge in [0.25, 0.3) is 0 Å². The first-order valence-electron chi connectivity index (χ1n) is 23.9. The third kappa shape index (κ3) is 31.7. The Kier molecular flexibility index (Phi) is 35.1. The number of hydrogen-bond donors (Lipinski definition) is 8. The van der Waals surface area contributed by atoms with Gasteiger partial charge >= 0.3 is 27.6 Å². The summed E-state index contributed by atoms with van der Waals surface area (Å²) in [7, 11) is -10.8. The second-order valence-corrected chi connectivity index (χ2v) is 19.3. The summed E-state index contributed by atoms with van der Waals surface area (Å²) < 4.78 is 49.2. The van der Waals surface area contributed by atoms with E-state index in [1.54, 1.807) is 12.2 Å². The van der Waals surface area contributed by atoms with E-state index >= 15 is 0 Å². The molecule has 1 aliphatic carbocycles. The molecule has 1 fully saturated rings. The van der Waals surface area contributed by atoms with E-state index in [0.717, 1.165) is 57.8 Å². The van der Waals surface area contributed by atoms with Gasteiger partial charge in [0.05, 0.1) is 12.7 Å². The van der Waals surface area contributed by atoms with E-state index in [0.29, 0.717) is 6.42 Å². The van der Waals surface area contributed by atoms with Crippen molar-refractivity contribution in [2.24, 2.45) is 0 Å². The number of carbonyl (C=O) groups excluding carboxylic acids is 2. The molecule has 6 unspecified atom stereocenters. The fourth-order valence-electron chi connectivity index (χ4n) is 6.89. The third-order valence-electron chi connectivity index (χ3n) is 10.7. The van der Waals surface area contributed by atoms with Gasteiger partial charge in [-0.15, -0.1) is 0 Å². The molecule has 8 N–H and O–H groups in total. The molecular formula is C47H82O17P2. The molecule has 0 aromatic carbocycles. The van der Waals surface area contributed by atoms with Gasteiger partial charge in [0.1, 0.15) is 43.2 Å². The van der Waals surface area contributed by atoms with Gasteiger partial charge in [0.15, 0.2) is 6.10 Å². The number of aliphatic hydroxyl groups is 5. The SMILES string of the molecule is CCCCC/C=C\C/C=C\CCCCCCCC(=O)OC[C@H](COP(=O)(O)O[C@H]1C(O)C(O)C(O)[C@@H](OP(=O)(O)O)C1O)OC(=O)CCCC(O)/C=C/C=C/C/C=C/CCCCCCCC. The van der Waals surface area contributed by atoms with Crippen LogP contribution in [0.4, 0.5) is 0 Å². The van der Waals surface area contributed by atoms with Crippen molar-refractivity contribution in [3.05, 3.63) is 60.8 Å². The molecule has 9 atom stereocenters. The molecule has 1 saturated carbocycles. The van der Waals surface area contributed by atoms with Crippen molar-refractivity contribution in [3.8, 4) is 0 Å². The Labute approximate surface area is 392 Å². The molecule has 0 aromatic heterocycles. The van der Waals surface area contributed by atoms with E-state index in [9.17, 15) is 58.9 Å². The van der Waals surface area contributed by atoms with E-state index in [2.05, 4.69) is 54.8 Å². The lowest BCUT2D eigenvalue weighted by molar-refractivity contribution is -0.216. The molecule has 19 heteroatoms. The predicted octanol–water partition coefficient (Wildman–Crippen LogP) is 8.03. The van der Waals surface area contributed by atoms with Crippen LogP contribution in [0.15, 0.2) is 60.8 Å². The summed E-state index contributed by atoms with van der Waals surface area (Å²) in [6.07, 6.45) is 24.8. The first kappa shape index (κ1) is 61.7. The molecule has 0 bridgehead atoms. The Morgan fingerprint density at radius 2 is 1.06 bits per heavy atom. The largest absolute Gasteiger partial charge is 0.472 e. The van der Waals surface area contributed by atoms with Crippen LogP contribution in [-0.2, 0) is 41.8 Å². The second-order valence-electron chi connectivity index (χ2n) is 16.7. The van der Waals surface area contributed by atoms with Crippen LogP contribution < -0.4 is 0 Å². The maximum absolute atomic E-state index is 13.0. The molecule has 0 saturated heterocycles. The summed E-state index contributed by atoms with van der Waals surface area (Å²) in [5.74, 6) is -1.42. The molecule has 1 rings (SSSR count). The highest BCUT2D eigenvalue weighted by atomic mass is 31.2. The van der Waals surface area contributed by atoms with Gasteiger partial charge in [-0.05, 0) is 70.6 Å². The van der Waals surface area contributed by atoms with Crippen molar-refractivity contribution in [3.63, 3.8) is 0 Å². The van der Waals surface area contributed by atoms with Crippen LogP contribution in [0.2, 0.25) is 0 Å². The molecule has 0 spiro atoms. The van der Waals surface area contributed by atoms with Crippen molar-refractivity contribution in [2.75, 3.05) is 13.2 Å². The van der Waals surface area contributed by atoms with Gasteiger partial charge in [-0.3, -0.25) is 23.2 Å². The van der Waals surface area contributed by atoms with Gasteiger partial charge in [0.2, 0.25) is 0 Å². The zero-order chi connectivity index (χ0) is 49.1. The standard InChI is InChI=1S/C47H82O17P2/c1-3-5-7-9-11-13-15-17-18-20-22-24-26-28-30-34-40(49)60-36-39(37-61-66(58,59)64-47-44(53)42(51)43(52)46(45(47)54)63-65(55,56)57)62-41(50)35-31-33-38(48)32-29-27-25-23-21-19-16-14-12-10-8-6-4-2/h11,13,17-19,21,25,27,29,32,38-39,42-48,51-54H,3-10,12,14-16,20,22-24,26,28,30-31,33-37H2,1-2H3,(H,58,59)(H2,55,56,57)/b13-11-,18-17-,21-19+,27-25+,32-29+/t38?,39-,42?,43?,44?,45?,46-,47+/m1/s1. The number of unbranched alkanes of at least 4 members (excludes halogenated alkanes) is 14. The summed E-state index contributed by atoms with van der Waals surface area (Å²) in [6, 6.07) is 0. The predicted molar refractivity (Wildman–Crippen MR) is 252 cm³/mol. The van der Waals surface area contributed by atoms with Crippen molar-refractivity contribution in [1.82, 2.24) is 0 Å². The number of ether oxygens (including phenoxy) is 2. The van der Waals surface area contributed by atoms with Gasteiger partial charge < -0.3 is 49.7 Å². The van der Waals surface area contributed by atoms with Crippen LogP contribution in [0.25, 0.3) is 0 Å². The van der Waals surface area contributed by atoms with Crippen LogP contribution in [0.1, 0.15) is 162 Å². The number of aliphatic hydroxyl groups excluding tert-OH is 5. The molecule has 66 heavy (non-hydrogen) atoms. The van der Waals surface area contributed by atoms with Crippen LogP contribution in [-0.4, -0.2) is 114 Å². The number of phosphoric ester groups is 2. The maximum atomic E-state index is 13.0. The van der Waals surface area contributed by atoms with Crippen molar-refractivity contribution >= 4 is 27.6 Å². The monoisotopic (exact) mass is 981 g/mol. The minimum Gasteiger partial charge on any atom is -0.462 e. The zero-order valence-electron chi connectivity index (χ0n) is 39.2. The van der Waals surface area contributed by atoms with Crippen LogP contribution in [0.5, 0.6) is 0 Å². The Hall–Kier alpha value is -2.34. The van der Waals surface area contributed by atoms with Crippen LogP contribution >= 0.6 is 15.6 Å². The van der Waals surface area contributed by atoms with Crippen LogP contribution in [0, 0.1) is 0 Å². The molecule has 0 radical (unpaired) electrons. The summed E-state index contributed by atoms with van der Waals surface area (Å²) in [5.41, 5.74) is 0. The lowest BCUT2D eigenvalue weighted by Crippen LogP contribution is -2.64. The molecule has 382 valence electrons. The Morgan fingerprint density at radius 1 is 0.561 bits per heavy atom. The highest BCUT2D eigenvalue weighted by Crippen LogP contribution is 2.49. The second kappa shape index (κ2) is 37.5. The lowest BCUT2D eigenvalue weighted by Gasteiger charge is -2.43. The van der Waals surface area contributed by atoms with Gasteiger partial charge in [-0.1, -0.05) is 139 Å². The summed E-state index contributed by atoms with van der Waals surface area (Å²) >= 11 is 0. The average Bonchev–Trinajstić information content (AvgIpc) is 3.26. The molecule has 0 aliphatic heterocycles. The van der Waals surface area contributed by atoms with E-state index in [1.165, 1.54) is 57.8 Å². The van der Waals surface area contributed by atoms with Gasteiger partial charge in [0, 0.05) is 12.8 Å². The quantitative estimate of drug-likeness (QED) is 0.00951. The number of allylic oxidation sites excluding steroid dienone is 9. The average molecular weight is 981 g/mol. The van der Waals surface area contributed by atoms with Crippen molar-refractivity contribution < 1.29 is 82.0 Å². The molecule has 17 nitrogen and oxygen atoms in total. The number of phosphoric acid groups is 2. The molecule has 0 amide bonds. The first-order chi connectivity index (χ1) is 31.5. The molecule has 0 heterocycles. The fourth-order valence-corrected chi connectivity index (χ4v) is 8.43. The van der Waals surface area contributed by atoms with E-state index < -0.39 is 89.6 Å². The van der Waals surface area contributed by atoms with Crippen molar-refractivity contribution in [2.45, 2.75) is 210 Å². The number of rotatable bonds is 39. The van der Waals surface area contributed by atoms with E-state index in [-0.39, 0.29) is 25.7 Å². The number of hydrogen-bond acceptors (Lipinski definition) is 14. The topological polar surface area (TPSA) is 276 Å². The third-order valence-corrected chi connectivity index (χ3v) is 12.2. The summed E-state index contributed by atoms with van der Waals surface area (Å²) in [5, 5.41) is 51.6. The minimum atomic E-state index is -5.39. The molecule has 0 aromatic rings. The molecule has 1 aliphatic rings. The Balaban J connectivity index is 2.69. The minimum absolute atomic E-state index is 0.0631. The highest BCUT2D eigenvalue weighted by Gasteiger charge is 2.54. The summed E-state index contributed by atoms with van der Waals surface area (Å²) in [6.45, 7) is 2.90. The van der Waals surface area contributed by atoms with Crippen molar-refractivity contribution in [1.29, 1.82) is 0 Å². The smallest absolute Gasteiger partial charge is 0.462 e. The molecular weight excluding hydrogens is 898 g/mol. The number of carbonyl (C=O) groups is 2.